The summed E-state index contributed by atoms with van der Waals surface area (Å²) in [5, 5.41) is 4.10. The Morgan fingerprint density at radius 2 is 1.97 bits per heavy atom. The fourth-order valence-corrected chi connectivity index (χ4v) is 5.88. The lowest BCUT2D eigenvalue weighted by Gasteiger charge is -2.19. The molecule has 0 aromatic heterocycles. The highest BCUT2D eigenvalue weighted by Crippen LogP contribution is 2.47. The van der Waals surface area contributed by atoms with Crippen molar-refractivity contribution in [2.75, 3.05) is 31.6 Å². The highest BCUT2D eigenvalue weighted by atomic mass is 32.2. The molecule has 2 atom stereocenters. The lowest BCUT2D eigenvalue weighted by atomic mass is 10.0. The van der Waals surface area contributed by atoms with E-state index in [0.717, 1.165) is 35.8 Å². The molecule has 2 unspecified atom stereocenters. The van der Waals surface area contributed by atoms with Gasteiger partial charge in [0.25, 0.3) is 6.23 Å². The lowest BCUT2D eigenvalue weighted by molar-refractivity contribution is -0.860. The van der Waals surface area contributed by atoms with Crippen LogP contribution in [0.2, 0.25) is 0 Å². The number of nitrogens with one attached hydrogen (secondary N) is 2. The first-order valence-corrected chi connectivity index (χ1v) is 13.4. The number of ether oxygens (including phenoxy) is 2. The third-order valence-electron chi connectivity index (χ3n) is 6.58. The van der Waals surface area contributed by atoms with Crippen molar-refractivity contribution in [1.82, 2.24) is 5.32 Å². The monoisotopic (exact) mass is 514 g/mol. The Kier molecular flexibility index (Phi) is 7.53. The van der Waals surface area contributed by atoms with Gasteiger partial charge < -0.3 is 19.7 Å². The molecule has 0 bridgehead atoms. The number of methoxy groups -OCH3 is 1. The van der Waals surface area contributed by atoms with Gasteiger partial charge in [-0.15, -0.1) is 0 Å². The number of nitrogens with zero attached hydrogens (tertiary/aromatic N) is 1. The Labute approximate surface area is 222 Å². The average molecular weight is 515 g/mol. The van der Waals surface area contributed by atoms with Crippen molar-refractivity contribution in [2.45, 2.75) is 25.0 Å². The van der Waals surface area contributed by atoms with Gasteiger partial charge in [-0.2, -0.15) is 0 Å². The number of thioether (sulfide) groups is 1. The fraction of sp³-hybridized carbons (Fsp3) is 0.233. The van der Waals surface area contributed by atoms with Crippen LogP contribution in [0.1, 0.15) is 13.8 Å². The number of anilines is 1. The van der Waals surface area contributed by atoms with E-state index in [9.17, 15) is 4.79 Å². The van der Waals surface area contributed by atoms with Crippen LogP contribution in [0.3, 0.4) is 0 Å². The molecule has 2 aliphatic rings. The summed E-state index contributed by atoms with van der Waals surface area (Å²) in [6.07, 6.45) is 6.15. The number of benzene rings is 3. The van der Waals surface area contributed by atoms with Gasteiger partial charge in [0.05, 0.1) is 24.4 Å². The van der Waals surface area contributed by atoms with E-state index >= 15 is 0 Å². The first kappa shape index (κ1) is 25.0. The SMILES string of the molecule is CCN1/C(=C/C=C/C2Oc3ccc(-c4ccccc4)cc3[NH+]2CCNC(C)=O)Sc2ccc(OC)cc21. The normalized spacial score (nSPS) is 19.1. The lowest BCUT2D eigenvalue weighted by Crippen LogP contribution is -3.11. The number of amides is 1. The van der Waals surface area contributed by atoms with Crippen LogP contribution in [0, 0.1) is 0 Å². The van der Waals surface area contributed by atoms with Gasteiger partial charge in [0.15, 0.2) is 11.4 Å². The quantitative estimate of drug-likeness (QED) is 0.454. The topological polar surface area (TPSA) is 55.2 Å². The van der Waals surface area contributed by atoms with Gasteiger partial charge in [0, 0.05) is 36.6 Å². The van der Waals surface area contributed by atoms with E-state index in [-0.39, 0.29) is 12.1 Å². The van der Waals surface area contributed by atoms with E-state index in [2.05, 4.69) is 90.0 Å². The molecule has 7 heteroatoms. The Bertz CT molecular complexity index is 1340. The summed E-state index contributed by atoms with van der Waals surface area (Å²) in [4.78, 5) is 16.2. The minimum atomic E-state index is -0.185. The van der Waals surface area contributed by atoms with Gasteiger partial charge in [-0.05, 0) is 42.3 Å². The zero-order chi connectivity index (χ0) is 25.8. The zero-order valence-corrected chi connectivity index (χ0v) is 22.2. The molecule has 0 radical (unpaired) electrons. The van der Waals surface area contributed by atoms with Crippen LogP contribution in [0.4, 0.5) is 11.4 Å². The standard InChI is InChI=1S/C30H31N3O3S/c1-4-32-26-20-24(35-3)14-16-28(26)37-30(32)12-8-11-29-33(18-17-31-21(2)34)25-19-23(13-15-27(25)36-29)22-9-6-5-7-10-22/h5-16,19-20,29H,4,17-18H2,1-3H3,(H,31,34)/p+1/b11-8+,30-12-. The van der Waals surface area contributed by atoms with Gasteiger partial charge in [-0.3, -0.25) is 9.69 Å². The van der Waals surface area contributed by atoms with Crippen LogP contribution < -0.4 is 24.6 Å². The van der Waals surface area contributed by atoms with Crippen molar-refractivity contribution in [3.63, 3.8) is 0 Å². The Balaban J connectivity index is 1.38. The van der Waals surface area contributed by atoms with Crippen molar-refractivity contribution in [1.29, 1.82) is 0 Å². The molecule has 2 aliphatic heterocycles. The summed E-state index contributed by atoms with van der Waals surface area (Å²) < 4.78 is 11.8. The zero-order valence-electron chi connectivity index (χ0n) is 21.4. The van der Waals surface area contributed by atoms with Crippen molar-refractivity contribution in [3.8, 4) is 22.6 Å². The first-order chi connectivity index (χ1) is 18.1. The number of hydrogen-bond acceptors (Lipinski definition) is 5. The second-order valence-electron chi connectivity index (χ2n) is 8.94. The molecule has 37 heavy (non-hydrogen) atoms. The van der Waals surface area contributed by atoms with E-state index in [1.54, 1.807) is 25.8 Å². The molecule has 3 aromatic carbocycles. The summed E-state index contributed by atoms with van der Waals surface area (Å²) in [5.41, 5.74) is 4.61. The second kappa shape index (κ2) is 11.2. The number of carbonyl (C=O) groups excluding carboxylic acids is 1. The van der Waals surface area contributed by atoms with Crippen molar-refractivity contribution < 1.29 is 19.2 Å². The van der Waals surface area contributed by atoms with Crippen LogP contribution in [-0.4, -0.2) is 38.9 Å². The minimum Gasteiger partial charge on any atom is -0.497 e. The predicted octanol–water partition coefficient (Wildman–Crippen LogP) is 4.76. The molecule has 0 saturated carbocycles. The van der Waals surface area contributed by atoms with Gasteiger partial charge in [-0.25, -0.2) is 0 Å². The molecule has 190 valence electrons. The summed E-state index contributed by atoms with van der Waals surface area (Å²) in [6, 6.07) is 22.9. The third-order valence-corrected chi connectivity index (χ3v) is 7.71. The van der Waals surface area contributed by atoms with Crippen molar-refractivity contribution in [2.24, 2.45) is 0 Å². The molecule has 2 N–H and O–H groups in total. The average Bonchev–Trinajstić information content (AvgIpc) is 3.45. The first-order valence-electron chi connectivity index (χ1n) is 12.6. The van der Waals surface area contributed by atoms with E-state index in [1.807, 2.05) is 12.1 Å². The molecular weight excluding hydrogens is 482 g/mol. The minimum absolute atomic E-state index is 0.0243. The molecule has 3 aromatic rings. The Morgan fingerprint density at radius 3 is 2.73 bits per heavy atom. The van der Waals surface area contributed by atoms with E-state index in [1.165, 1.54) is 26.1 Å². The van der Waals surface area contributed by atoms with Crippen LogP contribution in [0.25, 0.3) is 11.1 Å². The van der Waals surface area contributed by atoms with Crippen LogP contribution >= 0.6 is 11.8 Å². The summed E-state index contributed by atoms with van der Waals surface area (Å²) in [5.74, 6) is 1.72. The molecular formula is C30H32N3O3S+. The van der Waals surface area contributed by atoms with Crippen LogP contribution in [-0.2, 0) is 4.79 Å². The van der Waals surface area contributed by atoms with Gasteiger partial charge in [-0.1, -0.05) is 54.2 Å². The van der Waals surface area contributed by atoms with E-state index in [4.69, 9.17) is 9.47 Å². The maximum atomic E-state index is 11.5. The van der Waals surface area contributed by atoms with Gasteiger partial charge in [0.1, 0.15) is 12.3 Å². The summed E-state index contributed by atoms with van der Waals surface area (Å²) in [6.45, 7) is 5.87. The number of fused-ring (bicyclic) bond motifs is 2. The second-order valence-corrected chi connectivity index (χ2v) is 10.0. The van der Waals surface area contributed by atoms with Gasteiger partial charge in [0.2, 0.25) is 5.91 Å². The summed E-state index contributed by atoms with van der Waals surface area (Å²) in [7, 11) is 1.70. The molecule has 0 aliphatic carbocycles. The fourth-order valence-electron chi connectivity index (χ4n) is 4.76. The number of carbonyl (C=O) groups is 1. The van der Waals surface area contributed by atoms with Crippen LogP contribution in [0.15, 0.2) is 94.9 Å². The summed E-state index contributed by atoms with van der Waals surface area (Å²) >= 11 is 1.76. The number of allylic oxidation sites excluding steroid dienone is 2. The molecule has 6 nitrogen and oxygen atoms in total. The molecule has 0 spiro atoms. The highest BCUT2D eigenvalue weighted by molar-refractivity contribution is 8.03. The number of quaternary nitrogens is 1. The Hall–Kier alpha value is -3.68. The third kappa shape index (κ3) is 5.38. The highest BCUT2D eigenvalue weighted by Gasteiger charge is 2.35. The van der Waals surface area contributed by atoms with Crippen molar-refractivity contribution >= 4 is 29.0 Å². The van der Waals surface area contributed by atoms with Gasteiger partial charge >= 0.3 is 0 Å². The maximum absolute atomic E-state index is 11.5. The molecule has 1 amide bonds. The van der Waals surface area contributed by atoms with E-state index in [0.29, 0.717) is 6.54 Å². The maximum Gasteiger partial charge on any atom is 0.257 e. The van der Waals surface area contributed by atoms with Crippen molar-refractivity contribution in [3.05, 3.63) is 90.0 Å². The van der Waals surface area contributed by atoms with Crippen LogP contribution in [0.5, 0.6) is 11.5 Å². The predicted molar refractivity (Wildman–Crippen MR) is 150 cm³/mol. The molecule has 5 rings (SSSR count). The molecule has 0 saturated heterocycles. The Morgan fingerprint density at radius 1 is 1.14 bits per heavy atom. The number of rotatable bonds is 8. The van der Waals surface area contributed by atoms with E-state index < -0.39 is 0 Å². The smallest absolute Gasteiger partial charge is 0.257 e. The molecule has 2 heterocycles. The largest absolute Gasteiger partial charge is 0.497 e. The number of hydrogen-bond donors (Lipinski definition) is 2. The molecule has 0 fully saturated rings.